The Morgan fingerprint density at radius 3 is 1.98 bits per heavy atom. The second kappa shape index (κ2) is 15.6. The molecule has 12 N–H and O–H groups in total. The van der Waals surface area contributed by atoms with Crippen LogP contribution in [0.2, 0.25) is 0 Å². The quantitative estimate of drug-likeness (QED) is 0.100. The van der Waals surface area contributed by atoms with Gasteiger partial charge >= 0.3 is 0 Å². The average Bonchev–Trinajstić information content (AvgIpc) is 3.12. The molecule has 0 unspecified atom stereocenters. The number of aromatic hydroxyl groups is 3. The number of rotatable bonds is 9. The molecule has 0 aliphatic carbocycles. The van der Waals surface area contributed by atoms with Crippen LogP contribution in [-0.4, -0.2) is 167 Å². The molecule has 20 nitrogen and oxygen atoms in total. The van der Waals surface area contributed by atoms with Gasteiger partial charge in [0.1, 0.15) is 95.4 Å². The zero-order chi connectivity index (χ0) is 38.5. The molecule has 3 aliphatic rings. The molecule has 3 aliphatic heterocycles. The zero-order valence-electron chi connectivity index (χ0n) is 27.7. The first-order valence-electron chi connectivity index (χ1n) is 16.4. The maximum atomic E-state index is 13.8. The summed E-state index contributed by atoms with van der Waals surface area (Å²) in [5, 5.41) is 124. The smallest absolute Gasteiger partial charge is 0.239 e. The SMILES string of the molecule is C[C@@H]1O[C@H](O[C@H]2[C@H](OC[C@@H]3O[C@H](Oc4c(-c5ccc(O)cc5)oc5cc(O)cc(O)c5c4=O)[C@@H](O)[C@H](O)[C@@H]3O)O[C@@H](CO)[C@H](O)[C@@H]2O)[C@H](O)[C@H](O)[C@H]1O. The van der Waals surface area contributed by atoms with E-state index >= 15 is 0 Å². The summed E-state index contributed by atoms with van der Waals surface area (Å²) in [6.07, 6.45) is -25.8. The molecule has 3 fully saturated rings. The highest BCUT2D eigenvalue weighted by Crippen LogP contribution is 2.38. The number of phenolic OH excluding ortho intramolecular Hbond substituents is 3. The maximum absolute atomic E-state index is 13.8. The van der Waals surface area contributed by atoms with Crippen LogP contribution in [0.4, 0.5) is 0 Å². The maximum Gasteiger partial charge on any atom is 0.239 e. The zero-order valence-corrected chi connectivity index (χ0v) is 27.7. The third-order valence-electron chi connectivity index (χ3n) is 9.30. The lowest BCUT2D eigenvalue weighted by molar-refractivity contribution is -0.369. The van der Waals surface area contributed by atoms with Gasteiger partial charge in [-0.1, -0.05) is 0 Å². The van der Waals surface area contributed by atoms with Crippen LogP contribution >= 0.6 is 0 Å². The van der Waals surface area contributed by atoms with Crippen molar-refractivity contribution < 1.29 is 94.1 Å². The molecular formula is C33H40O20. The van der Waals surface area contributed by atoms with Gasteiger partial charge < -0.3 is 94.1 Å². The second-order valence-electron chi connectivity index (χ2n) is 12.9. The van der Waals surface area contributed by atoms with Crippen molar-refractivity contribution >= 4 is 11.0 Å². The van der Waals surface area contributed by atoms with Crippen molar-refractivity contribution in [3.8, 4) is 34.3 Å². The third-order valence-corrected chi connectivity index (χ3v) is 9.30. The number of ether oxygens (including phenoxy) is 6. The topological polar surface area (TPSA) is 328 Å². The summed E-state index contributed by atoms with van der Waals surface area (Å²) < 4.78 is 39.7. The standard InChI is InChI=1S/C33H40O20/c1-10-19(38)23(42)26(45)31(48-10)53-30-25(44)20(39)16(8-34)50-33(30)47-9-17-21(40)24(43)27(46)32(51-17)52-29-22(41)18-14(37)6-13(36)7-15(18)49-28(29)11-2-4-12(35)5-3-11/h2-7,10,16-17,19-21,23-27,30-40,42-46H,8-9H2,1H3/t10-,16-,17-,19-,20-,21+,23+,24+,25-,26+,27-,30+,31+,32+,33+/m0/s1. The summed E-state index contributed by atoms with van der Waals surface area (Å²) in [6.45, 7) is -0.192. The lowest BCUT2D eigenvalue weighted by Crippen LogP contribution is -2.65. The summed E-state index contributed by atoms with van der Waals surface area (Å²) in [7, 11) is 0. The van der Waals surface area contributed by atoms with E-state index in [1.165, 1.54) is 31.2 Å². The van der Waals surface area contributed by atoms with Crippen molar-refractivity contribution in [2.75, 3.05) is 13.2 Å². The fourth-order valence-electron chi connectivity index (χ4n) is 6.25. The van der Waals surface area contributed by atoms with Crippen LogP contribution in [0.1, 0.15) is 6.92 Å². The van der Waals surface area contributed by atoms with Gasteiger partial charge in [0.25, 0.3) is 0 Å². The summed E-state index contributed by atoms with van der Waals surface area (Å²) in [6, 6.07) is 7.14. The van der Waals surface area contributed by atoms with Crippen molar-refractivity contribution in [2.45, 2.75) is 99.0 Å². The van der Waals surface area contributed by atoms with Crippen molar-refractivity contribution in [1.29, 1.82) is 0 Å². The molecular weight excluding hydrogens is 716 g/mol. The van der Waals surface area contributed by atoms with E-state index in [1.54, 1.807) is 0 Å². The van der Waals surface area contributed by atoms with Crippen LogP contribution in [0.3, 0.4) is 0 Å². The molecule has 3 saturated heterocycles. The van der Waals surface area contributed by atoms with Crippen molar-refractivity contribution in [3.63, 3.8) is 0 Å². The fourth-order valence-corrected chi connectivity index (χ4v) is 6.25. The molecule has 3 aromatic rings. The van der Waals surface area contributed by atoms with Crippen molar-refractivity contribution in [1.82, 2.24) is 0 Å². The Kier molecular flexibility index (Phi) is 11.5. The minimum atomic E-state index is -2.02. The third kappa shape index (κ3) is 7.52. The fraction of sp³-hybridized carbons (Fsp3) is 0.545. The van der Waals surface area contributed by atoms with Crippen molar-refractivity contribution in [2.24, 2.45) is 0 Å². The van der Waals surface area contributed by atoms with Crippen LogP contribution < -0.4 is 10.2 Å². The second-order valence-corrected chi connectivity index (χ2v) is 12.9. The first-order chi connectivity index (χ1) is 25.1. The van der Waals surface area contributed by atoms with E-state index in [-0.39, 0.29) is 22.7 Å². The minimum absolute atomic E-state index is 0.143. The van der Waals surface area contributed by atoms with Gasteiger partial charge in [0, 0.05) is 17.7 Å². The number of hydrogen-bond donors (Lipinski definition) is 12. The minimum Gasteiger partial charge on any atom is -0.508 e. The van der Waals surface area contributed by atoms with Gasteiger partial charge in [0.2, 0.25) is 17.5 Å². The monoisotopic (exact) mass is 756 g/mol. The molecule has 0 saturated carbocycles. The lowest BCUT2D eigenvalue weighted by atomic mass is 9.97. The van der Waals surface area contributed by atoms with E-state index in [9.17, 15) is 66.1 Å². The highest BCUT2D eigenvalue weighted by atomic mass is 16.8. The number of phenols is 3. The predicted molar refractivity (Wildman–Crippen MR) is 171 cm³/mol. The van der Waals surface area contributed by atoms with Gasteiger partial charge in [-0.05, 0) is 31.2 Å². The van der Waals surface area contributed by atoms with E-state index in [2.05, 4.69) is 0 Å². The molecule has 1 aromatic heterocycles. The summed E-state index contributed by atoms with van der Waals surface area (Å²) in [4.78, 5) is 13.8. The van der Waals surface area contributed by atoms with Crippen LogP contribution in [0, 0.1) is 0 Å². The summed E-state index contributed by atoms with van der Waals surface area (Å²) >= 11 is 0. The lowest BCUT2D eigenvalue weighted by Gasteiger charge is -2.46. The number of aliphatic hydroxyl groups excluding tert-OH is 9. The molecule has 53 heavy (non-hydrogen) atoms. The molecule has 4 heterocycles. The van der Waals surface area contributed by atoms with E-state index in [0.717, 1.165) is 12.1 Å². The Balaban J connectivity index is 1.27. The van der Waals surface area contributed by atoms with E-state index < -0.39 is 133 Å². The Hall–Kier alpha value is -3.71. The molecule has 0 bridgehead atoms. The Morgan fingerprint density at radius 1 is 0.679 bits per heavy atom. The largest absolute Gasteiger partial charge is 0.508 e. The number of hydrogen-bond acceptors (Lipinski definition) is 20. The summed E-state index contributed by atoms with van der Waals surface area (Å²) in [5.41, 5.74) is -1.12. The van der Waals surface area contributed by atoms with Gasteiger partial charge in [0.05, 0.1) is 19.3 Å². The predicted octanol–water partition coefficient (Wildman–Crippen LogP) is -3.57. The number of benzene rings is 2. The Labute approximate surface area is 298 Å². The number of aliphatic hydroxyl groups is 9. The van der Waals surface area contributed by atoms with Crippen molar-refractivity contribution in [3.05, 3.63) is 46.6 Å². The Bertz CT molecular complexity index is 1790. The van der Waals surface area contributed by atoms with Crippen LogP contribution in [0.25, 0.3) is 22.3 Å². The molecule has 15 atom stereocenters. The van der Waals surface area contributed by atoms with Gasteiger partial charge in [0.15, 0.2) is 18.3 Å². The highest BCUT2D eigenvalue weighted by molar-refractivity contribution is 5.88. The van der Waals surface area contributed by atoms with Gasteiger partial charge in [-0.15, -0.1) is 0 Å². The summed E-state index contributed by atoms with van der Waals surface area (Å²) in [5.74, 6) is -2.24. The molecule has 0 radical (unpaired) electrons. The van der Waals surface area contributed by atoms with Crippen LogP contribution in [0.5, 0.6) is 23.0 Å². The highest BCUT2D eigenvalue weighted by Gasteiger charge is 2.52. The van der Waals surface area contributed by atoms with E-state index in [0.29, 0.717) is 0 Å². The molecule has 292 valence electrons. The Morgan fingerprint density at radius 2 is 1.30 bits per heavy atom. The molecule has 6 rings (SSSR count). The first-order valence-corrected chi connectivity index (χ1v) is 16.4. The number of fused-ring (bicyclic) bond motifs is 1. The molecule has 0 amide bonds. The van der Waals surface area contributed by atoms with Gasteiger partial charge in [-0.25, -0.2) is 0 Å². The van der Waals surface area contributed by atoms with E-state index in [4.69, 9.17) is 32.8 Å². The van der Waals surface area contributed by atoms with Crippen LogP contribution in [0.15, 0.2) is 45.6 Å². The van der Waals surface area contributed by atoms with Gasteiger partial charge in [-0.2, -0.15) is 0 Å². The first kappa shape index (κ1) is 39.0. The van der Waals surface area contributed by atoms with Crippen LogP contribution in [-0.2, 0) is 23.7 Å². The molecule has 20 heteroatoms. The average molecular weight is 757 g/mol. The molecule has 2 aromatic carbocycles. The van der Waals surface area contributed by atoms with Gasteiger partial charge in [-0.3, -0.25) is 4.79 Å². The van der Waals surface area contributed by atoms with E-state index in [1.807, 2.05) is 0 Å². The molecule has 0 spiro atoms. The normalized spacial score (nSPS) is 37.8.